The number of hydrogen-bond donors (Lipinski definition) is 2. The van der Waals surface area contributed by atoms with Crippen molar-refractivity contribution in [3.05, 3.63) is 123 Å². The van der Waals surface area contributed by atoms with Crippen molar-refractivity contribution >= 4 is 22.6 Å². The van der Waals surface area contributed by atoms with Crippen LogP contribution in [0.3, 0.4) is 0 Å². The van der Waals surface area contributed by atoms with Gasteiger partial charge in [0.2, 0.25) is 0 Å². The molecule has 36 heavy (non-hydrogen) atoms. The van der Waals surface area contributed by atoms with Gasteiger partial charge < -0.3 is 9.88 Å². The van der Waals surface area contributed by atoms with E-state index in [1.54, 1.807) is 16.8 Å². The Morgan fingerprint density at radius 1 is 0.944 bits per heavy atom. The quantitative estimate of drug-likeness (QED) is 0.363. The smallest absolute Gasteiger partial charge is 0.267 e. The predicted octanol–water partition coefficient (Wildman–Crippen LogP) is 3.92. The van der Waals surface area contributed by atoms with Crippen molar-refractivity contribution in [2.45, 2.75) is 33.4 Å². The van der Waals surface area contributed by atoms with Crippen LogP contribution in [0.15, 0.2) is 83.8 Å². The number of nitrogens with one attached hydrogen (secondary N) is 2. The molecule has 5 rings (SSSR count). The average Bonchev–Trinajstić information content (AvgIpc) is 2.89. The van der Waals surface area contributed by atoms with Crippen molar-refractivity contribution < 1.29 is 4.79 Å². The zero-order valence-electron chi connectivity index (χ0n) is 20.3. The zero-order chi connectivity index (χ0) is 25.2. The summed E-state index contributed by atoms with van der Waals surface area (Å²) in [6.45, 7) is 4.65. The first-order valence-corrected chi connectivity index (χ1v) is 11.9. The second-order valence-corrected chi connectivity index (χ2v) is 9.00. The maximum Gasteiger partial charge on any atom is 0.267 e. The van der Waals surface area contributed by atoms with Crippen LogP contribution >= 0.6 is 0 Å². The van der Waals surface area contributed by atoms with Crippen molar-refractivity contribution in [3.63, 3.8) is 0 Å². The molecule has 3 heterocycles. The van der Waals surface area contributed by atoms with Gasteiger partial charge in [-0.3, -0.25) is 19.4 Å². The summed E-state index contributed by atoms with van der Waals surface area (Å²) in [5.41, 5.74) is 4.92. The van der Waals surface area contributed by atoms with Crippen molar-refractivity contribution in [2.75, 3.05) is 0 Å². The number of hydrogen-bond acceptors (Lipinski definition) is 4. The summed E-state index contributed by atoms with van der Waals surface area (Å²) in [6, 6.07) is 23.0. The summed E-state index contributed by atoms with van der Waals surface area (Å²) >= 11 is 0. The van der Waals surface area contributed by atoms with Crippen LogP contribution in [0.2, 0.25) is 0 Å². The largest absolute Gasteiger partial charge is 0.348 e. The molecule has 0 saturated carbocycles. The van der Waals surface area contributed by atoms with Crippen LogP contribution in [0.25, 0.3) is 16.7 Å². The summed E-state index contributed by atoms with van der Waals surface area (Å²) in [5.74, 6) is -0.398. The summed E-state index contributed by atoms with van der Waals surface area (Å²) < 4.78 is 3.17. The van der Waals surface area contributed by atoms with Crippen molar-refractivity contribution in [1.29, 1.82) is 5.41 Å². The van der Waals surface area contributed by atoms with E-state index in [1.165, 1.54) is 10.5 Å². The van der Waals surface area contributed by atoms with E-state index in [1.807, 2.05) is 74.5 Å². The molecule has 0 bridgehead atoms. The molecular weight excluding hydrogens is 450 g/mol. The molecule has 0 spiro atoms. The van der Waals surface area contributed by atoms with Crippen LogP contribution in [-0.2, 0) is 19.5 Å². The van der Waals surface area contributed by atoms with E-state index in [0.717, 1.165) is 22.3 Å². The molecule has 5 aromatic rings. The topological polar surface area (TPSA) is 92.2 Å². The molecule has 0 aliphatic heterocycles. The first-order chi connectivity index (χ1) is 17.4. The van der Waals surface area contributed by atoms with E-state index < -0.39 is 5.91 Å². The lowest BCUT2D eigenvalue weighted by Crippen LogP contribution is -2.35. The standard InChI is InChI=1S/C29H27N5O2/c1-19-10-12-22(13-11-19)18-31-28(35)23-17-24-27(32-26-20(2)7-6-15-34(26)29(24)36)33(25(23)30)16-14-21-8-4-3-5-9-21/h3-13,15,17,30H,14,16,18H2,1-2H3,(H,31,35). The molecule has 3 aromatic heterocycles. The summed E-state index contributed by atoms with van der Waals surface area (Å²) in [5, 5.41) is 12.1. The third-order valence-electron chi connectivity index (χ3n) is 6.42. The number of aromatic nitrogens is 3. The highest BCUT2D eigenvalue weighted by atomic mass is 16.1. The lowest BCUT2D eigenvalue weighted by Gasteiger charge is -2.15. The van der Waals surface area contributed by atoms with Crippen molar-refractivity contribution in [3.8, 4) is 0 Å². The number of carbonyl (C=O) groups is 1. The number of nitrogens with zero attached hydrogens (tertiary/aromatic N) is 3. The fourth-order valence-electron chi connectivity index (χ4n) is 4.36. The maximum atomic E-state index is 13.5. The minimum absolute atomic E-state index is 0.0321. The van der Waals surface area contributed by atoms with Gasteiger partial charge in [-0.05, 0) is 49.1 Å². The Morgan fingerprint density at radius 3 is 2.44 bits per heavy atom. The molecule has 7 nitrogen and oxygen atoms in total. The molecule has 0 radical (unpaired) electrons. The highest BCUT2D eigenvalue weighted by molar-refractivity contribution is 5.96. The molecule has 7 heteroatoms. The molecule has 2 N–H and O–H groups in total. The van der Waals surface area contributed by atoms with Crippen LogP contribution in [0, 0.1) is 19.3 Å². The van der Waals surface area contributed by atoms with E-state index in [2.05, 4.69) is 5.32 Å². The number of benzene rings is 2. The molecular formula is C29H27N5O2. The van der Waals surface area contributed by atoms with E-state index in [4.69, 9.17) is 10.4 Å². The number of amides is 1. The molecule has 0 fully saturated rings. The van der Waals surface area contributed by atoms with Gasteiger partial charge in [-0.15, -0.1) is 0 Å². The number of fused-ring (bicyclic) bond motifs is 2. The molecule has 180 valence electrons. The molecule has 0 aliphatic rings. The third kappa shape index (κ3) is 4.43. The fourth-order valence-corrected chi connectivity index (χ4v) is 4.36. The first kappa shape index (κ1) is 23.2. The molecule has 0 unspecified atom stereocenters. The Bertz CT molecular complexity index is 1700. The van der Waals surface area contributed by atoms with Crippen molar-refractivity contribution in [2.24, 2.45) is 0 Å². The molecule has 0 saturated heterocycles. The maximum absolute atomic E-state index is 13.5. The fraction of sp³-hybridized carbons (Fsp3) is 0.172. The Morgan fingerprint density at radius 2 is 1.69 bits per heavy atom. The highest BCUT2D eigenvalue weighted by Crippen LogP contribution is 2.14. The molecule has 0 aliphatic carbocycles. The van der Waals surface area contributed by atoms with Crippen LogP contribution in [0.5, 0.6) is 0 Å². The van der Waals surface area contributed by atoms with Gasteiger partial charge in [-0.2, -0.15) is 0 Å². The Kier molecular flexibility index (Phi) is 6.21. The number of rotatable bonds is 6. The van der Waals surface area contributed by atoms with Gasteiger partial charge >= 0.3 is 0 Å². The third-order valence-corrected chi connectivity index (χ3v) is 6.42. The Labute approximate surface area is 208 Å². The van der Waals surface area contributed by atoms with E-state index >= 15 is 0 Å². The van der Waals surface area contributed by atoms with Crippen LogP contribution in [0.1, 0.15) is 32.6 Å². The second kappa shape index (κ2) is 9.62. The monoisotopic (exact) mass is 477 g/mol. The lowest BCUT2D eigenvalue weighted by atomic mass is 10.1. The number of carbonyl (C=O) groups excluding carboxylic acids is 1. The minimum Gasteiger partial charge on any atom is -0.348 e. The highest BCUT2D eigenvalue weighted by Gasteiger charge is 2.18. The van der Waals surface area contributed by atoms with Crippen LogP contribution < -0.4 is 16.4 Å². The summed E-state index contributed by atoms with van der Waals surface area (Å²) in [6.07, 6.45) is 2.31. The van der Waals surface area contributed by atoms with Gasteiger partial charge in [0, 0.05) is 19.3 Å². The minimum atomic E-state index is -0.398. The Balaban J connectivity index is 1.62. The Hall–Kier alpha value is -4.52. The van der Waals surface area contributed by atoms with E-state index in [-0.39, 0.29) is 16.6 Å². The van der Waals surface area contributed by atoms with Crippen molar-refractivity contribution in [1.82, 2.24) is 19.3 Å². The van der Waals surface area contributed by atoms with Crippen LogP contribution in [0.4, 0.5) is 0 Å². The molecule has 2 aromatic carbocycles. The van der Waals surface area contributed by atoms with E-state index in [9.17, 15) is 9.59 Å². The van der Waals surface area contributed by atoms with E-state index in [0.29, 0.717) is 36.2 Å². The summed E-state index contributed by atoms with van der Waals surface area (Å²) in [7, 11) is 0. The lowest BCUT2D eigenvalue weighted by molar-refractivity contribution is 0.0948. The normalized spacial score (nSPS) is 11.2. The van der Waals surface area contributed by atoms with Gasteiger partial charge in [-0.25, -0.2) is 4.98 Å². The average molecular weight is 478 g/mol. The molecule has 0 atom stereocenters. The SMILES string of the molecule is Cc1ccc(CNC(=O)c2cc3c(=O)n4cccc(C)c4nc3n(CCc3ccccc3)c2=N)cc1. The van der Waals surface area contributed by atoms with Gasteiger partial charge in [0.1, 0.15) is 16.8 Å². The number of pyridine rings is 2. The van der Waals surface area contributed by atoms with Crippen LogP contribution in [-0.4, -0.2) is 19.9 Å². The number of aryl methyl sites for hydroxylation is 4. The van der Waals surface area contributed by atoms with Gasteiger partial charge in [0.15, 0.2) is 0 Å². The first-order valence-electron chi connectivity index (χ1n) is 11.9. The predicted molar refractivity (Wildman–Crippen MR) is 140 cm³/mol. The van der Waals surface area contributed by atoms with Gasteiger partial charge in [-0.1, -0.05) is 66.2 Å². The van der Waals surface area contributed by atoms with Gasteiger partial charge in [0.05, 0.1) is 10.9 Å². The molecule has 1 amide bonds. The zero-order valence-corrected chi connectivity index (χ0v) is 20.3. The second-order valence-electron chi connectivity index (χ2n) is 9.00. The van der Waals surface area contributed by atoms with Gasteiger partial charge in [0.25, 0.3) is 11.5 Å². The summed E-state index contributed by atoms with van der Waals surface area (Å²) in [4.78, 5) is 31.5.